The molecule has 31 heavy (non-hydrogen) atoms. The lowest BCUT2D eigenvalue weighted by Crippen LogP contribution is -2.43. The van der Waals surface area contributed by atoms with E-state index in [0.29, 0.717) is 0 Å². The van der Waals surface area contributed by atoms with Gasteiger partial charge < -0.3 is 10.2 Å². The Bertz CT molecular complexity index is 1420. The Morgan fingerprint density at radius 2 is 1.19 bits per heavy atom. The van der Waals surface area contributed by atoms with Crippen LogP contribution in [0.4, 0.5) is 13.2 Å². The lowest BCUT2D eigenvalue weighted by molar-refractivity contribution is -0.0551. The first-order chi connectivity index (χ1) is 14.2. The third-order valence-corrected chi connectivity index (χ3v) is 5.02. The zero-order valence-electron chi connectivity index (χ0n) is 14.7. The molecular weight excluding hydrogens is 451 g/mol. The summed E-state index contributed by atoms with van der Waals surface area (Å²) in [7, 11) is -6.43. The van der Waals surface area contributed by atoms with Crippen molar-refractivity contribution in [1.82, 2.24) is 4.73 Å². The number of carboxylic acids is 2. The predicted molar refractivity (Wildman–Crippen MR) is 97.5 cm³/mol. The van der Waals surface area contributed by atoms with Gasteiger partial charge in [0.2, 0.25) is 0 Å². The lowest BCUT2D eigenvalue weighted by atomic mass is 10.0. The van der Waals surface area contributed by atoms with Crippen LogP contribution in [0.25, 0.3) is 21.5 Å². The molecule has 0 saturated carbocycles. The molecule has 3 rings (SSSR count). The van der Waals surface area contributed by atoms with E-state index in [0.717, 1.165) is 36.4 Å². The van der Waals surface area contributed by atoms with Gasteiger partial charge in [0.15, 0.2) is 0 Å². The van der Waals surface area contributed by atoms with Crippen LogP contribution >= 0.6 is 0 Å². The average molecular weight is 459 g/mol. The molecule has 1 aromatic heterocycles. The van der Waals surface area contributed by atoms with E-state index in [4.69, 9.17) is 0 Å². The molecule has 2 N–H and O–H groups in total. The van der Waals surface area contributed by atoms with Crippen molar-refractivity contribution in [3.05, 3.63) is 68.2 Å². The minimum absolute atomic E-state index is 0.327. The fourth-order valence-corrected chi connectivity index (χ4v) is 3.11. The van der Waals surface area contributed by atoms with E-state index in [2.05, 4.69) is 4.28 Å². The van der Waals surface area contributed by atoms with Gasteiger partial charge in [0.1, 0.15) is 0 Å². The average Bonchev–Trinajstić information content (AvgIpc) is 2.76. The van der Waals surface area contributed by atoms with Gasteiger partial charge in [0.25, 0.3) is 11.1 Å². The number of carbonyl (C=O) groups is 2. The lowest BCUT2D eigenvalue weighted by Gasteiger charge is -2.08. The number of rotatable bonds is 4. The summed E-state index contributed by atoms with van der Waals surface area (Å²) in [4.78, 5) is 48.0. The van der Waals surface area contributed by atoms with Crippen LogP contribution in [-0.4, -0.2) is 40.8 Å². The maximum atomic E-state index is 12.7. The van der Waals surface area contributed by atoms with Crippen LogP contribution in [0, 0.1) is 0 Å². The van der Waals surface area contributed by atoms with Crippen molar-refractivity contribution in [1.29, 1.82) is 0 Å². The van der Waals surface area contributed by atoms with E-state index in [1.807, 2.05) is 0 Å². The SMILES string of the molecule is O=C(O)c1ccc2c(=O)n(OS(=O)(=O)C(F)(F)F)c(=O)c3ccc(C(=O)O)cc3c2c1. The minimum atomic E-state index is -6.43. The minimum Gasteiger partial charge on any atom is -0.478 e. The van der Waals surface area contributed by atoms with E-state index in [1.54, 1.807) is 0 Å². The Hall–Kier alpha value is -3.94. The number of hydrogen-bond donors (Lipinski definition) is 2. The highest BCUT2D eigenvalue weighted by molar-refractivity contribution is 7.87. The Kier molecular flexibility index (Phi) is 4.97. The highest BCUT2D eigenvalue weighted by Gasteiger charge is 2.49. The van der Waals surface area contributed by atoms with Gasteiger partial charge in [0.05, 0.1) is 21.9 Å². The van der Waals surface area contributed by atoms with Crippen molar-refractivity contribution < 1.29 is 45.7 Å². The largest absolute Gasteiger partial charge is 0.536 e. The molecule has 2 aromatic carbocycles. The molecule has 10 nitrogen and oxygen atoms in total. The second-order valence-electron chi connectivity index (χ2n) is 6.01. The van der Waals surface area contributed by atoms with Gasteiger partial charge in [-0.05, 0) is 47.2 Å². The summed E-state index contributed by atoms with van der Waals surface area (Å²) < 4.78 is 64.1. The Morgan fingerprint density at radius 3 is 1.52 bits per heavy atom. The fourth-order valence-electron chi connectivity index (χ4n) is 2.69. The smallest absolute Gasteiger partial charge is 0.478 e. The molecule has 162 valence electrons. The highest BCUT2D eigenvalue weighted by atomic mass is 32.2. The van der Waals surface area contributed by atoms with Crippen LogP contribution in [0.1, 0.15) is 20.7 Å². The van der Waals surface area contributed by atoms with Gasteiger partial charge in [-0.2, -0.15) is 21.6 Å². The molecule has 0 aliphatic heterocycles. The standard InChI is InChI=1S/C17H8F3NO9S/c18-17(19,20)31(28,29)30-21-13(22)9-3-1-7(15(24)25)5-11(9)12-6-8(16(26)27)2-4-10(12)14(21)23/h1-6H,(H,24,25)(H,26,27). The molecule has 0 radical (unpaired) electrons. The van der Waals surface area contributed by atoms with Crippen LogP contribution in [0.15, 0.2) is 46.0 Å². The summed E-state index contributed by atoms with van der Waals surface area (Å²) in [6.45, 7) is 0. The predicted octanol–water partition coefficient (Wildman–Crippen LogP) is 1.19. The number of benzene rings is 2. The number of hydrogen-bond acceptors (Lipinski definition) is 7. The van der Waals surface area contributed by atoms with E-state index >= 15 is 0 Å². The fraction of sp³-hybridized carbons (Fsp3) is 0.0588. The van der Waals surface area contributed by atoms with Crippen molar-refractivity contribution in [3.8, 4) is 0 Å². The number of aromatic nitrogens is 1. The van der Waals surface area contributed by atoms with Crippen LogP contribution in [-0.2, 0) is 10.1 Å². The van der Waals surface area contributed by atoms with Gasteiger partial charge in [-0.25, -0.2) is 9.59 Å². The van der Waals surface area contributed by atoms with E-state index in [-0.39, 0.29) is 10.8 Å². The molecule has 0 aliphatic carbocycles. The van der Waals surface area contributed by atoms with E-state index in [9.17, 15) is 51.0 Å². The van der Waals surface area contributed by atoms with Gasteiger partial charge >= 0.3 is 27.6 Å². The quantitative estimate of drug-likeness (QED) is 0.547. The first kappa shape index (κ1) is 21.8. The Balaban J connectivity index is 2.60. The maximum absolute atomic E-state index is 12.7. The molecule has 3 aromatic rings. The number of halogens is 3. The van der Waals surface area contributed by atoms with Crippen LogP contribution < -0.4 is 15.4 Å². The third-order valence-electron chi connectivity index (χ3n) is 4.11. The second-order valence-corrected chi connectivity index (χ2v) is 7.53. The Labute approximate surface area is 168 Å². The zero-order valence-corrected chi connectivity index (χ0v) is 15.5. The van der Waals surface area contributed by atoms with Crippen LogP contribution in [0.3, 0.4) is 0 Å². The van der Waals surface area contributed by atoms with Crippen molar-refractivity contribution in [2.45, 2.75) is 5.51 Å². The molecule has 0 saturated heterocycles. The summed E-state index contributed by atoms with van der Waals surface area (Å²) in [6, 6.07) is 5.18. The molecule has 0 atom stereocenters. The molecule has 0 unspecified atom stereocenters. The van der Waals surface area contributed by atoms with Crippen LogP contribution in [0.2, 0.25) is 0 Å². The molecule has 0 amide bonds. The first-order valence-corrected chi connectivity index (χ1v) is 9.30. The number of aromatic carboxylic acids is 2. The summed E-state index contributed by atoms with van der Waals surface area (Å²) in [5.74, 6) is -2.93. The van der Waals surface area contributed by atoms with Crippen molar-refractivity contribution in [2.24, 2.45) is 0 Å². The normalized spacial score (nSPS) is 12.1. The van der Waals surface area contributed by atoms with Gasteiger partial charge in [-0.1, -0.05) is 4.73 Å². The summed E-state index contributed by atoms with van der Waals surface area (Å²) >= 11 is 0. The van der Waals surface area contributed by atoms with Crippen molar-refractivity contribution in [3.63, 3.8) is 0 Å². The van der Waals surface area contributed by atoms with E-state index in [1.165, 1.54) is 0 Å². The Morgan fingerprint density at radius 1 is 0.806 bits per heavy atom. The molecule has 14 heteroatoms. The molecule has 1 heterocycles. The summed E-state index contributed by atoms with van der Waals surface area (Å²) in [5.41, 5.74) is -10.0. The van der Waals surface area contributed by atoms with Gasteiger partial charge in [0, 0.05) is 0 Å². The molecule has 0 aliphatic rings. The first-order valence-electron chi connectivity index (χ1n) is 7.89. The summed E-state index contributed by atoms with van der Waals surface area (Å²) in [5, 5.41) is 16.5. The monoisotopic (exact) mass is 459 g/mol. The van der Waals surface area contributed by atoms with Gasteiger partial charge in [-0.3, -0.25) is 13.9 Å². The number of alkyl halides is 3. The summed E-state index contributed by atoms with van der Waals surface area (Å²) in [6.07, 6.45) is 0. The maximum Gasteiger partial charge on any atom is 0.536 e. The molecule has 0 fully saturated rings. The van der Waals surface area contributed by atoms with Gasteiger partial charge in [-0.15, -0.1) is 0 Å². The number of nitrogens with zero attached hydrogens (tertiary/aromatic N) is 1. The van der Waals surface area contributed by atoms with E-state index < -0.39 is 65.3 Å². The van der Waals surface area contributed by atoms with Crippen molar-refractivity contribution in [2.75, 3.05) is 0 Å². The molecule has 0 spiro atoms. The second kappa shape index (κ2) is 7.09. The molecular formula is C17H8F3NO9S. The molecule has 0 bridgehead atoms. The number of fused-ring (bicyclic) bond motifs is 3. The number of carboxylic acid groups (broad SMARTS) is 2. The van der Waals surface area contributed by atoms with Crippen molar-refractivity contribution >= 4 is 43.6 Å². The van der Waals surface area contributed by atoms with Crippen LogP contribution in [0.5, 0.6) is 0 Å². The topological polar surface area (TPSA) is 157 Å². The zero-order chi connectivity index (χ0) is 23.3. The third kappa shape index (κ3) is 3.68. The highest BCUT2D eigenvalue weighted by Crippen LogP contribution is 2.24.